The summed E-state index contributed by atoms with van der Waals surface area (Å²) in [6.45, 7) is 3.09. The predicted octanol–water partition coefficient (Wildman–Crippen LogP) is 3.92. The molecule has 1 saturated heterocycles. The number of methoxy groups -OCH3 is 1. The van der Waals surface area contributed by atoms with E-state index in [0.717, 1.165) is 16.9 Å². The molecule has 0 spiro atoms. The number of halogens is 2. The van der Waals surface area contributed by atoms with E-state index in [1.807, 2.05) is 36.4 Å². The summed E-state index contributed by atoms with van der Waals surface area (Å²) in [5.41, 5.74) is 2.45. The maximum absolute atomic E-state index is 14.4. The van der Waals surface area contributed by atoms with E-state index < -0.39 is 0 Å². The molecule has 1 aromatic heterocycles. The van der Waals surface area contributed by atoms with E-state index in [0.29, 0.717) is 44.2 Å². The van der Waals surface area contributed by atoms with Crippen molar-refractivity contribution in [3.05, 3.63) is 101 Å². The van der Waals surface area contributed by atoms with Crippen LogP contribution < -0.4 is 9.64 Å². The number of nitrogens with zero attached hydrogens (tertiary/aromatic N) is 6. The molecule has 0 bridgehead atoms. The van der Waals surface area contributed by atoms with E-state index in [9.17, 15) is 8.78 Å². The number of tetrazole rings is 1. The fourth-order valence-electron chi connectivity index (χ4n) is 4.60. The molecule has 0 amide bonds. The largest absolute Gasteiger partial charge is 0.496 e. The zero-order chi connectivity index (χ0) is 24.2. The van der Waals surface area contributed by atoms with Gasteiger partial charge in [0.15, 0.2) is 5.82 Å². The van der Waals surface area contributed by atoms with Crippen LogP contribution in [0.15, 0.2) is 72.8 Å². The second-order valence-corrected chi connectivity index (χ2v) is 8.44. The van der Waals surface area contributed by atoms with Gasteiger partial charge in [-0.3, -0.25) is 4.90 Å². The number of hydrogen-bond donors (Lipinski definition) is 0. The SMILES string of the molecule is COc1ccccc1[C@@H](c1nnnn1Cc1ccc(F)cc1)N1CCN(c2ccccc2F)CC1. The van der Waals surface area contributed by atoms with Gasteiger partial charge < -0.3 is 9.64 Å². The van der Waals surface area contributed by atoms with Gasteiger partial charge in [0.1, 0.15) is 23.4 Å². The van der Waals surface area contributed by atoms with Crippen LogP contribution in [0.1, 0.15) is 23.0 Å². The minimum atomic E-state index is -0.287. The molecule has 2 heterocycles. The highest BCUT2D eigenvalue weighted by Crippen LogP contribution is 2.35. The van der Waals surface area contributed by atoms with Crippen LogP contribution in [0, 0.1) is 11.6 Å². The first kappa shape index (κ1) is 22.9. The molecule has 0 N–H and O–H groups in total. The Bertz CT molecular complexity index is 1270. The Hall–Kier alpha value is -3.85. The predicted molar refractivity (Wildman–Crippen MR) is 128 cm³/mol. The molecule has 1 atom stereocenters. The van der Waals surface area contributed by atoms with Crippen LogP contribution >= 0.6 is 0 Å². The molecule has 0 aliphatic carbocycles. The zero-order valence-corrected chi connectivity index (χ0v) is 19.4. The number of ether oxygens (including phenoxy) is 1. The number of para-hydroxylation sites is 2. The standard InChI is InChI=1S/C26H26F2N6O/c1-35-24-9-5-2-6-21(24)25(26-29-30-31-34(26)18-19-10-12-20(27)13-11-19)33-16-14-32(15-17-33)23-8-4-3-7-22(23)28/h2-13,25H,14-18H2,1H3/t25-/m0/s1. The second kappa shape index (κ2) is 10.2. The number of benzene rings is 3. The van der Waals surface area contributed by atoms with Gasteiger partial charge in [-0.15, -0.1) is 5.10 Å². The lowest BCUT2D eigenvalue weighted by Gasteiger charge is -2.40. The Morgan fingerprint density at radius 1 is 0.886 bits per heavy atom. The first-order valence-corrected chi connectivity index (χ1v) is 11.5. The van der Waals surface area contributed by atoms with Gasteiger partial charge in [-0.05, 0) is 46.3 Å². The normalized spacial score (nSPS) is 15.2. The highest BCUT2D eigenvalue weighted by Gasteiger charge is 2.33. The van der Waals surface area contributed by atoms with E-state index in [4.69, 9.17) is 4.74 Å². The van der Waals surface area contributed by atoms with Crippen LogP contribution in [-0.2, 0) is 6.54 Å². The second-order valence-electron chi connectivity index (χ2n) is 8.44. The highest BCUT2D eigenvalue weighted by molar-refractivity contribution is 5.48. The van der Waals surface area contributed by atoms with Crippen molar-refractivity contribution in [2.75, 3.05) is 38.2 Å². The molecule has 1 aliphatic rings. The number of piperazine rings is 1. The fraction of sp³-hybridized carbons (Fsp3) is 0.269. The van der Waals surface area contributed by atoms with Crippen molar-refractivity contribution in [1.29, 1.82) is 0 Å². The van der Waals surface area contributed by atoms with Crippen molar-refractivity contribution in [3.63, 3.8) is 0 Å². The molecule has 0 saturated carbocycles. The van der Waals surface area contributed by atoms with Crippen LogP contribution in [0.3, 0.4) is 0 Å². The quantitative estimate of drug-likeness (QED) is 0.403. The molecule has 0 radical (unpaired) electrons. The Morgan fingerprint density at radius 2 is 1.60 bits per heavy atom. The molecule has 180 valence electrons. The van der Waals surface area contributed by atoms with Gasteiger partial charge in [0.05, 0.1) is 19.3 Å². The van der Waals surface area contributed by atoms with Crippen molar-refractivity contribution in [2.24, 2.45) is 0 Å². The molecule has 0 unspecified atom stereocenters. The maximum Gasteiger partial charge on any atom is 0.173 e. The summed E-state index contributed by atoms with van der Waals surface area (Å²) >= 11 is 0. The number of rotatable bonds is 7. The van der Waals surface area contributed by atoms with E-state index >= 15 is 0 Å². The lowest BCUT2D eigenvalue weighted by Crippen LogP contribution is -2.48. The van der Waals surface area contributed by atoms with E-state index in [2.05, 4.69) is 25.3 Å². The summed E-state index contributed by atoms with van der Waals surface area (Å²) in [6.07, 6.45) is 0. The smallest absolute Gasteiger partial charge is 0.173 e. The Morgan fingerprint density at radius 3 is 2.34 bits per heavy atom. The lowest BCUT2D eigenvalue weighted by molar-refractivity contribution is 0.197. The lowest BCUT2D eigenvalue weighted by atomic mass is 10.0. The molecule has 4 aromatic rings. The molecule has 5 rings (SSSR count). The van der Waals surface area contributed by atoms with Gasteiger partial charge in [0.25, 0.3) is 0 Å². The van der Waals surface area contributed by atoms with Crippen molar-refractivity contribution in [1.82, 2.24) is 25.1 Å². The van der Waals surface area contributed by atoms with E-state index in [1.54, 1.807) is 30.0 Å². The molecular formula is C26H26F2N6O. The Labute approximate surface area is 202 Å². The summed E-state index contributed by atoms with van der Waals surface area (Å²) < 4.78 is 35.2. The number of hydrogen-bond acceptors (Lipinski definition) is 6. The van der Waals surface area contributed by atoms with Crippen molar-refractivity contribution >= 4 is 5.69 Å². The minimum Gasteiger partial charge on any atom is -0.496 e. The summed E-state index contributed by atoms with van der Waals surface area (Å²) in [5.74, 6) is 0.902. The first-order valence-electron chi connectivity index (χ1n) is 11.5. The summed E-state index contributed by atoms with van der Waals surface area (Å²) in [6, 6.07) is 20.7. The van der Waals surface area contributed by atoms with Gasteiger partial charge >= 0.3 is 0 Å². The van der Waals surface area contributed by atoms with Crippen LogP contribution in [0.4, 0.5) is 14.5 Å². The average molecular weight is 477 g/mol. The first-order chi connectivity index (χ1) is 17.1. The molecule has 1 aliphatic heterocycles. The van der Waals surface area contributed by atoms with Crippen molar-refractivity contribution < 1.29 is 13.5 Å². The summed E-state index contributed by atoms with van der Waals surface area (Å²) in [5, 5.41) is 12.6. The Balaban J connectivity index is 1.46. The van der Waals surface area contributed by atoms with Gasteiger partial charge in [0, 0.05) is 31.7 Å². The van der Waals surface area contributed by atoms with Crippen LogP contribution in [0.5, 0.6) is 5.75 Å². The average Bonchev–Trinajstić information content (AvgIpc) is 3.34. The van der Waals surface area contributed by atoms with Gasteiger partial charge in [0.2, 0.25) is 0 Å². The van der Waals surface area contributed by atoms with Crippen molar-refractivity contribution in [3.8, 4) is 5.75 Å². The monoisotopic (exact) mass is 476 g/mol. The number of aromatic nitrogens is 4. The zero-order valence-electron chi connectivity index (χ0n) is 19.4. The highest BCUT2D eigenvalue weighted by atomic mass is 19.1. The molecule has 9 heteroatoms. The molecule has 1 fully saturated rings. The number of anilines is 1. The maximum atomic E-state index is 14.4. The van der Waals surface area contributed by atoms with Gasteiger partial charge in [-0.2, -0.15) is 0 Å². The summed E-state index contributed by atoms with van der Waals surface area (Å²) in [4.78, 5) is 4.36. The van der Waals surface area contributed by atoms with Crippen LogP contribution in [-0.4, -0.2) is 58.4 Å². The van der Waals surface area contributed by atoms with Gasteiger partial charge in [-0.1, -0.05) is 42.5 Å². The van der Waals surface area contributed by atoms with Crippen LogP contribution in [0.25, 0.3) is 0 Å². The van der Waals surface area contributed by atoms with Gasteiger partial charge in [-0.25, -0.2) is 13.5 Å². The topological polar surface area (TPSA) is 59.3 Å². The minimum absolute atomic E-state index is 0.217. The third-order valence-electron chi connectivity index (χ3n) is 6.36. The molecule has 35 heavy (non-hydrogen) atoms. The molecule has 7 nitrogen and oxygen atoms in total. The van der Waals surface area contributed by atoms with Crippen molar-refractivity contribution in [2.45, 2.75) is 12.6 Å². The summed E-state index contributed by atoms with van der Waals surface area (Å²) in [7, 11) is 1.65. The fourth-order valence-corrected chi connectivity index (χ4v) is 4.60. The molecular weight excluding hydrogens is 450 g/mol. The third kappa shape index (κ3) is 4.85. The third-order valence-corrected chi connectivity index (χ3v) is 6.36. The Kier molecular flexibility index (Phi) is 6.67. The van der Waals surface area contributed by atoms with E-state index in [-0.39, 0.29) is 17.7 Å². The molecule has 3 aromatic carbocycles. The van der Waals surface area contributed by atoms with E-state index in [1.165, 1.54) is 18.2 Å². The van der Waals surface area contributed by atoms with Crippen LogP contribution in [0.2, 0.25) is 0 Å².